The van der Waals surface area contributed by atoms with Crippen LogP contribution < -0.4 is 0 Å². The van der Waals surface area contributed by atoms with Gasteiger partial charge in [-0.2, -0.15) is 0 Å². The molecule has 0 radical (unpaired) electrons. The standard InChI is InChI=1S/C53H32O3/c1-53(2)39-23-9-7-17-33(39)47-40(53)25-26-43-49(47)37-21-11-19-35(51(37)55-43)45-29-13-3-5-15-31(29)46(32-16-6-4-14-30(32)45)36-20-12-22-38-50-44(56-52(36)38)28-27-42-48(50)34-18-8-10-24-41(34)54-42/h3-28H,1-2H3. The quantitative estimate of drug-likeness (QED) is 0.167. The van der Waals surface area contributed by atoms with E-state index in [0.29, 0.717) is 0 Å². The summed E-state index contributed by atoms with van der Waals surface area (Å²) in [6.07, 6.45) is 0. The molecule has 0 amide bonds. The van der Waals surface area contributed by atoms with Crippen LogP contribution in [0.5, 0.6) is 0 Å². The van der Waals surface area contributed by atoms with Gasteiger partial charge in [0.05, 0.1) is 0 Å². The topological polar surface area (TPSA) is 39.4 Å². The molecule has 0 bridgehead atoms. The molecule has 3 nitrogen and oxygen atoms in total. The molecule has 0 N–H and O–H groups in total. The lowest BCUT2D eigenvalue weighted by Gasteiger charge is -2.21. The van der Waals surface area contributed by atoms with E-state index in [0.717, 1.165) is 87.9 Å². The van der Waals surface area contributed by atoms with E-state index in [1.54, 1.807) is 0 Å². The van der Waals surface area contributed by atoms with Gasteiger partial charge in [-0.15, -0.1) is 0 Å². The van der Waals surface area contributed by atoms with E-state index in [-0.39, 0.29) is 5.41 Å². The normalized spacial score (nSPS) is 13.7. The number of rotatable bonds is 2. The van der Waals surface area contributed by atoms with Crippen LogP contribution in [0.3, 0.4) is 0 Å². The van der Waals surface area contributed by atoms with Gasteiger partial charge >= 0.3 is 0 Å². The molecule has 1 aliphatic rings. The average Bonchev–Trinajstić information content (AvgIpc) is 3.98. The first-order chi connectivity index (χ1) is 27.6. The molecule has 0 aliphatic heterocycles. The summed E-state index contributed by atoms with van der Waals surface area (Å²) >= 11 is 0. The second kappa shape index (κ2) is 10.6. The molecule has 1 aliphatic carbocycles. The highest BCUT2D eigenvalue weighted by Crippen LogP contribution is 2.54. The zero-order valence-electron chi connectivity index (χ0n) is 30.7. The van der Waals surface area contributed by atoms with Gasteiger partial charge < -0.3 is 13.3 Å². The van der Waals surface area contributed by atoms with Gasteiger partial charge in [0.15, 0.2) is 0 Å². The molecular weight excluding hydrogens is 685 g/mol. The Balaban J connectivity index is 1.12. The number of furan rings is 3. The van der Waals surface area contributed by atoms with Crippen molar-refractivity contribution in [2.45, 2.75) is 19.3 Å². The lowest BCUT2D eigenvalue weighted by atomic mass is 9.82. The van der Waals surface area contributed by atoms with Crippen LogP contribution in [-0.4, -0.2) is 0 Å². The van der Waals surface area contributed by atoms with Crippen molar-refractivity contribution >= 4 is 87.4 Å². The monoisotopic (exact) mass is 716 g/mol. The molecule has 0 spiro atoms. The minimum Gasteiger partial charge on any atom is -0.456 e. The van der Waals surface area contributed by atoms with Crippen LogP contribution in [-0.2, 0) is 5.41 Å². The van der Waals surface area contributed by atoms with Crippen LogP contribution in [0, 0.1) is 0 Å². The van der Waals surface area contributed by atoms with E-state index in [2.05, 4.69) is 147 Å². The fourth-order valence-electron chi connectivity index (χ4n) is 10.3. The van der Waals surface area contributed by atoms with Crippen molar-refractivity contribution in [3.63, 3.8) is 0 Å². The summed E-state index contributed by atoms with van der Waals surface area (Å²) in [5.74, 6) is 0. The Morgan fingerprint density at radius 1 is 0.304 bits per heavy atom. The number of hydrogen-bond acceptors (Lipinski definition) is 3. The lowest BCUT2D eigenvalue weighted by Crippen LogP contribution is -2.14. The third-order valence-electron chi connectivity index (χ3n) is 12.7. The first-order valence-electron chi connectivity index (χ1n) is 19.3. The Labute approximate surface area is 321 Å². The van der Waals surface area contributed by atoms with E-state index < -0.39 is 0 Å². The summed E-state index contributed by atoms with van der Waals surface area (Å²) in [5.41, 5.74) is 15.0. The molecule has 0 saturated heterocycles. The van der Waals surface area contributed by atoms with Crippen LogP contribution in [0.15, 0.2) is 171 Å². The molecule has 3 heteroatoms. The van der Waals surface area contributed by atoms with Crippen LogP contribution >= 0.6 is 0 Å². The zero-order chi connectivity index (χ0) is 36.9. The largest absolute Gasteiger partial charge is 0.456 e. The molecule has 0 atom stereocenters. The first kappa shape index (κ1) is 30.3. The maximum Gasteiger partial charge on any atom is 0.143 e. The van der Waals surface area contributed by atoms with Gasteiger partial charge in [-0.1, -0.05) is 147 Å². The Bertz CT molecular complexity index is 3620. The van der Waals surface area contributed by atoms with Crippen molar-refractivity contribution in [3.05, 3.63) is 169 Å². The zero-order valence-corrected chi connectivity index (χ0v) is 30.7. The van der Waals surface area contributed by atoms with Crippen molar-refractivity contribution in [1.29, 1.82) is 0 Å². The Morgan fingerprint density at radius 3 is 1.39 bits per heavy atom. The Hall–Kier alpha value is -7.10. The molecule has 0 unspecified atom stereocenters. The summed E-state index contributed by atoms with van der Waals surface area (Å²) in [5, 5.41) is 11.4. The predicted octanol–water partition coefficient (Wildman–Crippen LogP) is 15.3. The first-order valence-corrected chi connectivity index (χ1v) is 19.3. The number of benzene rings is 9. The molecule has 0 saturated carbocycles. The van der Waals surface area contributed by atoms with Crippen LogP contribution in [0.2, 0.25) is 0 Å². The summed E-state index contributed by atoms with van der Waals surface area (Å²) in [7, 11) is 0. The van der Waals surface area contributed by atoms with Crippen molar-refractivity contribution < 1.29 is 13.3 Å². The van der Waals surface area contributed by atoms with Crippen molar-refractivity contribution in [2.24, 2.45) is 0 Å². The molecule has 0 fully saturated rings. The highest BCUT2D eigenvalue weighted by molar-refractivity contribution is 6.30. The smallest absolute Gasteiger partial charge is 0.143 e. The maximum atomic E-state index is 6.99. The third-order valence-corrected chi connectivity index (χ3v) is 12.7. The molecule has 56 heavy (non-hydrogen) atoms. The van der Waals surface area contributed by atoms with Crippen molar-refractivity contribution in [2.75, 3.05) is 0 Å². The molecule has 12 aromatic rings. The molecule has 262 valence electrons. The Kier molecular flexibility index (Phi) is 5.70. The van der Waals surface area contributed by atoms with Crippen LogP contribution in [0.25, 0.3) is 121 Å². The van der Waals surface area contributed by atoms with Gasteiger partial charge in [-0.05, 0) is 68.1 Å². The number of hydrogen-bond donors (Lipinski definition) is 0. The summed E-state index contributed by atoms with van der Waals surface area (Å²) < 4.78 is 20.2. The molecular formula is C53H32O3. The van der Waals surface area contributed by atoms with Crippen molar-refractivity contribution in [1.82, 2.24) is 0 Å². The molecule has 13 rings (SSSR count). The van der Waals surface area contributed by atoms with E-state index in [4.69, 9.17) is 13.3 Å². The second-order valence-corrected chi connectivity index (χ2v) is 15.9. The van der Waals surface area contributed by atoms with E-state index >= 15 is 0 Å². The van der Waals surface area contributed by atoms with Gasteiger partial charge in [0.1, 0.15) is 33.5 Å². The van der Waals surface area contributed by atoms with E-state index in [9.17, 15) is 0 Å². The van der Waals surface area contributed by atoms with Gasteiger partial charge in [-0.25, -0.2) is 0 Å². The lowest BCUT2D eigenvalue weighted by molar-refractivity contribution is 0.657. The minimum atomic E-state index is -0.0927. The average molecular weight is 717 g/mol. The van der Waals surface area contributed by atoms with Gasteiger partial charge in [0, 0.05) is 60.0 Å². The third kappa shape index (κ3) is 3.72. The van der Waals surface area contributed by atoms with Gasteiger partial charge in [0.2, 0.25) is 0 Å². The number of fused-ring (bicyclic) bond motifs is 16. The number of para-hydroxylation sites is 3. The second-order valence-electron chi connectivity index (χ2n) is 15.9. The molecule has 9 aromatic carbocycles. The molecule has 3 aromatic heterocycles. The Morgan fingerprint density at radius 2 is 0.750 bits per heavy atom. The molecule has 3 heterocycles. The summed E-state index contributed by atoms with van der Waals surface area (Å²) in [6, 6.07) is 56.5. The maximum absolute atomic E-state index is 6.99. The fourth-order valence-corrected chi connectivity index (χ4v) is 10.3. The summed E-state index contributed by atoms with van der Waals surface area (Å²) in [4.78, 5) is 0. The fraction of sp³-hybridized carbons (Fsp3) is 0.0566. The minimum absolute atomic E-state index is 0.0927. The van der Waals surface area contributed by atoms with E-state index in [1.807, 2.05) is 24.3 Å². The van der Waals surface area contributed by atoms with E-state index in [1.165, 1.54) is 44.0 Å². The highest BCUT2D eigenvalue weighted by Gasteiger charge is 2.37. The van der Waals surface area contributed by atoms with Gasteiger partial charge in [-0.3, -0.25) is 0 Å². The summed E-state index contributed by atoms with van der Waals surface area (Å²) in [6.45, 7) is 4.67. The SMILES string of the molecule is CC1(C)c2ccccc2-c2c1ccc1oc3c(-c4c5ccccc5c(-c5cccc6c5oc5ccc7oc8ccccc8c7c56)c5ccccc45)cccc3c21. The predicted molar refractivity (Wildman–Crippen MR) is 232 cm³/mol. The van der Waals surface area contributed by atoms with Crippen molar-refractivity contribution in [3.8, 4) is 33.4 Å². The highest BCUT2D eigenvalue weighted by atomic mass is 16.3. The van der Waals surface area contributed by atoms with Crippen LogP contribution in [0.1, 0.15) is 25.0 Å². The van der Waals surface area contributed by atoms with Crippen LogP contribution in [0.4, 0.5) is 0 Å². The van der Waals surface area contributed by atoms with Gasteiger partial charge in [0.25, 0.3) is 0 Å².